The van der Waals surface area contributed by atoms with E-state index in [4.69, 9.17) is 9.47 Å². The molecule has 0 unspecified atom stereocenters. The number of hydrogen-bond donors (Lipinski definition) is 1. The molecule has 120 valence electrons. The zero-order valence-electron chi connectivity index (χ0n) is 13.0. The second-order valence-electron chi connectivity index (χ2n) is 6.91. The second-order valence-corrected chi connectivity index (χ2v) is 6.91. The molecule has 4 heteroatoms. The first-order valence-corrected chi connectivity index (χ1v) is 8.48. The topological polar surface area (TPSA) is 41.9 Å². The van der Waals surface area contributed by atoms with E-state index in [1.807, 2.05) is 0 Å². The highest BCUT2D eigenvalue weighted by Crippen LogP contribution is 2.46. The van der Waals surface area contributed by atoms with E-state index >= 15 is 0 Å². The lowest BCUT2D eigenvalue weighted by Gasteiger charge is -2.41. The van der Waals surface area contributed by atoms with Gasteiger partial charge in [-0.15, -0.1) is 0 Å². The second kappa shape index (κ2) is 5.93. The van der Waals surface area contributed by atoms with E-state index in [1.54, 1.807) is 0 Å². The number of nitrogens with zero attached hydrogens (tertiary/aromatic N) is 1. The fourth-order valence-corrected chi connectivity index (χ4v) is 4.58. The van der Waals surface area contributed by atoms with Gasteiger partial charge in [-0.3, -0.25) is 4.90 Å². The van der Waals surface area contributed by atoms with Crippen LogP contribution in [0.5, 0.6) is 0 Å². The summed E-state index contributed by atoms with van der Waals surface area (Å²) in [6.07, 6.45) is 4.20. The van der Waals surface area contributed by atoms with Crippen molar-refractivity contribution in [3.63, 3.8) is 0 Å². The summed E-state index contributed by atoms with van der Waals surface area (Å²) in [7, 11) is 0. The number of aliphatic hydroxyl groups excluding tert-OH is 1. The van der Waals surface area contributed by atoms with Crippen LogP contribution in [0.15, 0.2) is 30.3 Å². The summed E-state index contributed by atoms with van der Waals surface area (Å²) in [6.45, 7) is 2.59. The third kappa shape index (κ3) is 2.58. The lowest BCUT2D eigenvalue weighted by atomic mass is 9.81. The molecular formula is C18H25NO3. The molecule has 2 aliphatic heterocycles. The molecule has 2 saturated heterocycles. The standard InChI is InChI=1S/C18H25NO3/c20-13-16-10-15-6-7-18(21-8-9-22-18)11-17(15)19(16)12-14-4-2-1-3-5-14/h1-5,15-17,20H,6-13H2/t15-,16-,17-/m0/s1. The van der Waals surface area contributed by atoms with Crippen molar-refractivity contribution in [3.05, 3.63) is 35.9 Å². The summed E-state index contributed by atoms with van der Waals surface area (Å²) >= 11 is 0. The lowest BCUT2D eigenvalue weighted by molar-refractivity contribution is -0.193. The van der Waals surface area contributed by atoms with Crippen molar-refractivity contribution in [3.8, 4) is 0 Å². The van der Waals surface area contributed by atoms with Crippen LogP contribution in [0.2, 0.25) is 0 Å². The van der Waals surface area contributed by atoms with Crippen molar-refractivity contribution in [2.45, 2.75) is 50.1 Å². The predicted octanol–water partition coefficient (Wildman–Crippen LogP) is 2.17. The minimum absolute atomic E-state index is 0.245. The van der Waals surface area contributed by atoms with Crippen LogP contribution in [-0.2, 0) is 16.0 Å². The van der Waals surface area contributed by atoms with Gasteiger partial charge in [0.15, 0.2) is 5.79 Å². The molecular weight excluding hydrogens is 278 g/mol. The minimum atomic E-state index is -0.347. The number of aliphatic hydroxyl groups is 1. The highest BCUT2D eigenvalue weighted by atomic mass is 16.7. The van der Waals surface area contributed by atoms with Crippen LogP contribution >= 0.6 is 0 Å². The highest BCUT2D eigenvalue weighted by molar-refractivity contribution is 5.16. The number of hydrogen-bond acceptors (Lipinski definition) is 4. The van der Waals surface area contributed by atoms with Gasteiger partial charge in [0, 0.05) is 31.5 Å². The molecule has 0 amide bonds. The monoisotopic (exact) mass is 303 g/mol. The minimum Gasteiger partial charge on any atom is -0.395 e. The van der Waals surface area contributed by atoms with Gasteiger partial charge in [0.1, 0.15) is 0 Å². The number of ether oxygens (including phenoxy) is 2. The van der Waals surface area contributed by atoms with Crippen molar-refractivity contribution >= 4 is 0 Å². The van der Waals surface area contributed by atoms with E-state index in [0.29, 0.717) is 12.0 Å². The van der Waals surface area contributed by atoms with Gasteiger partial charge in [-0.2, -0.15) is 0 Å². The average Bonchev–Trinajstić information content (AvgIpc) is 3.14. The van der Waals surface area contributed by atoms with Crippen LogP contribution in [0, 0.1) is 5.92 Å². The largest absolute Gasteiger partial charge is 0.395 e. The molecule has 1 aromatic rings. The molecule has 4 rings (SSSR count). The number of fused-ring (bicyclic) bond motifs is 1. The smallest absolute Gasteiger partial charge is 0.170 e. The van der Waals surface area contributed by atoms with Gasteiger partial charge < -0.3 is 14.6 Å². The maximum absolute atomic E-state index is 9.81. The molecule has 0 bridgehead atoms. The van der Waals surface area contributed by atoms with Crippen molar-refractivity contribution in [1.29, 1.82) is 0 Å². The molecule has 0 aromatic heterocycles. The zero-order valence-corrected chi connectivity index (χ0v) is 13.0. The van der Waals surface area contributed by atoms with E-state index in [2.05, 4.69) is 35.2 Å². The molecule has 22 heavy (non-hydrogen) atoms. The molecule has 1 aliphatic carbocycles. The Labute approximate surface area is 132 Å². The van der Waals surface area contributed by atoms with Crippen molar-refractivity contribution < 1.29 is 14.6 Å². The van der Waals surface area contributed by atoms with Crippen LogP contribution in [0.1, 0.15) is 31.2 Å². The van der Waals surface area contributed by atoms with Gasteiger partial charge in [-0.25, -0.2) is 0 Å². The van der Waals surface area contributed by atoms with Crippen LogP contribution in [0.25, 0.3) is 0 Å². The van der Waals surface area contributed by atoms with E-state index in [1.165, 1.54) is 5.56 Å². The van der Waals surface area contributed by atoms with Gasteiger partial charge in [-0.1, -0.05) is 30.3 Å². The highest BCUT2D eigenvalue weighted by Gasteiger charge is 2.51. The Balaban J connectivity index is 1.54. The molecule has 0 radical (unpaired) electrons. The van der Waals surface area contributed by atoms with Gasteiger partial charge in [-0.05, 0) is 24.3 Å². The Morgan fingerprint density at radius 2 is 1.95 bits per heavy atom. The Hall–Kier alpha value is -0.940. The van der Waals surface area contributed by atoms with E-state index < -0.39 is 0 Å². The molecule has 3 aliphatic rings. The van der Waals surface area contributed by atoms with Crippen LogP contribution in [-0.4, -0.2) is 47.7 Å². The summed E-state index contributed by atoms with van der Waals surface area (Å²) in [6, 6.07) is 11.3. The molecule has 1 spiro atoms. The molecule has 1 aromatic carbocycles. The van der Waals surface area contributed by atoms with E-state index in [9.17, 15) is 5.11 Å². The summed E-state index contributed by atoms with van der Waals surface area (Å²) in [5, 5.41) is 9.81. The Morgan fingerprint density at radius 3 is 2.68 bits per heavy atom. The quantitative estimate of drug-likeness (QED) is 0.929. The molecule has 4 nitrogen and oxygen atoms in total. The lowest BCUT2D eigenvalue weighted by Crippen LogP contribution is -2.48. The Morgan fingerprint density at radius 1 is 1.18 bits per heavy atom. The fourth-order valence-electron chi connectivity index (χ4n) is 4.58. The van der Waals surface area contributed by atoms with Crippen molar-refractivity contribution in [2.24, 2.45) is 5.92 Å². The molecule has 3 atom stereocenters. The van der Waals surface area contributed by atoms with Crippen LogP contribution in [0.3, 0.4) is 0 Å². The first-order chi connectivity index (χ1) is 10.8. The number of likely N-dealkylation sites (tertiary alicyclic amines) is 1. The third-order valence-electron chi connectivity index (χ3n) is 5.66. The van der Waals surface area contributed by atoms with Crippen LogP contribution < -0.4 is 0 Å². The maximum Gasteiger partial charge on any atom is 0.170 e. The van der Waals surface area contributed by atoms with Crippen molar-refractivity contribution in [2.75, 3.05) is 19.8 Å². The normalized spacial score (nSPS) is 34.1. The fraction of sp³-hybridized carbons (Fsp3) is 0.667. The Bertz CT molecular complexity index is 500. The third-order valence-corrected chi connectivity index (χ3v) is 5.66. The van der Waals surface area contributed by atoms with E-state index in [0.717, 1.165) is 45.4 Å². The summed E-state index contributed by atoms with van der Waals surface area (Å²) in [5.41, 5.74) is 1.31. The first kappa shape index (κ1) is 14.6. The summed E-state index contributed by atoms with van der Waals surface area (Å²) < 4.78 is 11.9. The summed E-state index contributed by atoms with van der Waals surface area (Å²) in [5.74, 6) is 0.319. The summed E-state index contributed by atoms with van der Waals surface area (Å²) in [4.78, 5) is 2.49. The number of benzene rings is 1. The average molecular weight is 303 g/mol. The molecule has 3 fully saturated rings. The van der Waals surface area contributed by atoms with Gasteiger partial charge in [0.2, 0.25) is 0 Å². The zero-order chi connectivity index (χ0) is 15.0. The Kier molecular flexibility index (Phi) is 3.95. The molecule has 1 saturated carbocycles. The molecule has 2 heterocycles. The van der Waals surface area contributed by atoms with Crippen LogP contribution in [0.4, 0.5) is 0 Å². The van der Waals surface area contributed by atoms with Gasteiger partial charge >= 0.3 is 0 Å². The maximum atomic E-state index is 9.81. The van der Waals surface area contributed by atoms with E-state index in [-0.39, 0.29) is 18.4 Å². The number of rotatable bonds is 3. The van der Waals surface area contributed by atoms with Gasteiger partial charge in [0.25, 0.3) is 0 Å². The molecule has 1 N–H and O–H groups in total. The van der Waals surface area contributed by atoms with Gasteiger partial charge in [0.05, 0.1) is 19.8 Å². The first-order valence-electron chi connectivity index (χ1n) is 8.48. The predicted molar refractivity (Wildman–Crippen MR) is 83.2 cm³/mol. The SMILES string of the molecule is OC[C@@H]1C[C@@H]2CCC3(C[C@@H]2N1Cc1ccccc1)OCCO3. The van der Waals surface area contributed by atoms with Crippen molar-refractivity contribution in [1.82, 2.24) is 4.90 Å².